The van der Waals surface area contributed by atoms with E-state index in [1.54, 1.807) is 0 Å². The summed E-state index contributed by atoms with van der Waals surface area (Å²) < 4.78 is 2.13. The van der Waals surface area contributed by atoms with Gasteiger partial charge in [0.1, 0.15) is 5.69 Å². The van der Waals surface area contributed by atoms with Crippen LogP contribution < -0.4 is 5.32 Å². The fourth-order valence-corrected chi connectivity index (χ4v) is 2.68. The molecule has 0 amide bonds. The predicted octanol–water partition coefficient (Wildman–Crippen LogP) is 4.04. The molecule has 3 aromatic rings. The predicted molar refractivity (Wildman–Crippen MR) is 95.7 cm³/mol. The molecule has 116 valence electrons. The van der Waals surface area contributed by atoms with Crippen molar-refractivity contribution in [3.05, 3.63) is 54.1 Å². The molecule has 0 saturated carbocycles. The zero-order valence-corrected chi connectivity index (χ0v) is 13.9. The first kappa shape index (κ1) is 16.5. The molecule has 22 heavy (non-hydrogen) atoms. The Bertz CT molecular complexity index is 735. The maximum Gasteiger partial charge on any atom is 0.100 e. The van der Waals surface area contributed by atoms with Crippen molar-refractivity contribution in [3.63, 3.8) is 0 Å². The molecule has 1 N–H and O–H groups in total. The van der Waals surface area contributed by atoms with Gasteiger partial charge in [-0.2, -0.15) is 5.10 Å². The number of halogens is 1. The van der Waals surface area contributed by atoms with E-state index in [-0.39, 0.29) is 12.4 Å². The van der Waals surface area contributed by atoms with E-state index in [9.17, 15) is 0 Å². The normalized spacial score (nSPS) is 10.6. The monoisotopic (exact) mass is 315 g/mol. The fourth-order valence-electron chi connectivity index (χ4n) is 2.68. The maximum absolute atomic E-state index is 4.86. The summed E-state index contributed by atoms with van der Waals surface area (Å²) in [4.78, 5) is 0. The summed E-state index contributed by atoms with van der Waals surface area (Å²) in [5, 5.41) is 9.30. The van der Waals surface area contributed by atoms with E-state index in [0.29, 0.717) is 0 Å². The number of rotatable bonds is 5. The fraction of sp³-hybridized carbons (Fsp3) is 0.278. The molecular formula is C18H22ClN3. The number of fused-ring (bicyclic) bond motifs is 1. The Morgan fingerprint density at radius 2 is 1.86 bits per heavy atom. The van der Waals surface area contributed by atoms with Crippen LogP contribution in [-0.4, -0.2) is 23.4 Å². The van der Waals surface area contributed by atoms with Gasteiger partial charge in [-0.25, -0.2) is 0 Å². The molecule has 0 aliphatic heterocycles. The largest absolute Gasteiger partial charge is 0.320 e. The third-order valence-corrected chi connectivity index (χ3v) is 3.75. The van der Waals surface area contributed by atoms with E-state index < -0.39 is 0 Å². The van der Waals surface area contributed by atoms with Gasteiger partial charge in [0.25, 0.3) is 0 Å². The lowest BCUT2D eigenvalue weighted by molar-refractivity contribution is 0.578. The van der Waals surface area contributed by atoms with Crippen LogP contribution in [0, 0.1) is 6.92 Å². The zero-order valence-electron chi connectivity index (χ0n) is 13.0. The lowest BCUT2D eigenvalue weighted by Crippen LogP contribution is -2.11. The van der Waals surface area contributed by atoms with Crippen molar-refractivity contribution in [3.8, 4) is 11.3 Å². The third kappa shape index (κ3) is 3.32. The van der Waals surface area contributed by atoms with Gasteiger partial charge < -0.3 is 5.32 Å². The molecule has 4 heteroatoms. The van der Waals surface area contributed by atoms with Crippen LogP contribution in [0.3, 0.4) is 0 Å². The van der Waals surface area contributed by atoms with Crippen molar-refractivity contribution in [1.29, 1.82) is 0 Å². The van der Waals surface area contributed by atoms with E-state index in [2.05, 4.69) is 59.4 Å². The number of nitrogens with one attached hydrogen (secondary N) is 1. The molecule has 0 unspecified atom stereocenters. The third-order valence-electron chi connectivity index (χ3n) is 3.75. The van der Waals surface area contributed by atoms with Gasteiger partial charge in [-0.3, -0.25) is 4.68 Å². The summed E-state index contributed by atoms with van der Waals surface area (Å²) in [5.41, 5.74) is 4.75. The molecular weight excluding hydrogens is 294 g/mol. The highest BCUT2D eigenvalue weighted by Gasteiger charge is 2.11. The highest BCUT2D eigenvalue weighted by molar-refractivity contribution is 5.93. The molecule has 0 saturated heterocycles. The molecule has 3 nitrogen and oxygen atoms in total. The van der Waals surface area contributed by atoms with Gasteiger partial charge in [0.15, 0.2) is 0 Å². The summed E-state index contributed by atoms with van der Waals surface area (Å²) >= 11 is 0. The Hall–Kier alpha value is -1.84. The van der Waals surface area contributed by atoms with Crippen LogP contribution in [0.1, 0.15) is 12.0 Å². The van der Waals surface area contributed by atoms with Crippen LogP contribution in [0.2, 0.25) is 0 Å². The molecule has 0 spiro atoms. The highest BCUT2D eigenvalue weighted by atomic mass is 35.5. The maximum atomic E-state index is 4.86. The van der Waals surface area contributed by atoms with Crippen LogP contribution in [0.15, 0.2) is 48.5 Å². The minimum Gasteiger partial charge on any atom is -0.320 e. The average Bonchev–Trinajstić information content (AvgIpc) is 2.86. The van der Waals surface area contributed by atoms with Gasteiger partial charge >= 0.3 is 0 Å². The van der Waals surface area contributed by atoms with Crippen LogP contribution in [-0.2, 0) is 6.54 Å². The molecule has 0 radical (unpaired) electrons. The number of nitrogens with zero attached hydrogens (tertiary/aromatic N) is 2. The molecule has 1 aromatic heterocycles. The van der Waals surface area contributed by atoms with Crippen LogP contribution in [0.4, 0.5) is 0 Å². The first-order valence-corrected chi connectivity index (χ1v) is 7.47. The SMILES string of the molecule is CNCCCn1nc(-c2ccccc2)c2cc(C)ccc21.Cl. The lowest BCUT2D eigenvalue weighted by Gasteiger charge is -2.03. The molecule has 0 aliphatic rings. The van der Waals surface area contributed by atoms with Gasteiger partial charge in [-0.1, -0.05) is 42.0 Å². The first-order chi connectivity index (χ1) is 10.3. The Morgan fingerprint density at radius 1 is 1.09 bits per heavy atom. The molecule has 0 aliphatic carbocycles. The van der Waals surface area contributed by atoms with E-state index in [1.165, 1.54) is 22.0 Å². The molecule has 0 bridgehead atoms. The van der Waals surface area contributed by atoms with Crippen molar-refractivity contribution in [2.24, 2.45) is 0 Å². The zero-order chi connectivity index (χ0) is 14.7. The summed E-state index contributed by atoms with van der Waals surface area (Å²) in [6, 6.07) is 17.0. The second kappa shape index (κ2) is 7.43. The van der Waals surface area contributed by atoms with Crippen molar-refractivity contribution in [2.45, 2.75) is 19.9 Å². The van der Waals surface area contributed by atoms with E-state index in [1.807, 2.05) is 13.1 Å². The van der Waals surface area contributed by atoms with E-state index in [4.69, 9.17) is 5.10 Å². The number of hydrogen-bond donors (Lipinski definition) is 1. The molecule has 3 rings (SSSR count). The standard InChI is InChI=1S/C18H21N3.ClH/c1-14-9-10-17-16(13-14)18(15-7-4-3-5-8-15)20-21(17)12-6-11-19-2;/h3-5,7-10,13,19H,6,11-12H2,1-2H3;1H. The number of benzene rings is 2. The van der Waals surface area contributed by atoms with Crippen molar-refractivity contribution in [1.82, 2.24) is 15.1 Å². The van der Waals surface area contributed by atoms with Gasteiger partial charge in [-0.05, 0) is 39.1 Å². The van der Waals surface area contributed by atoms with Gasteiger partial charge in [0.05, 0.1) is 5.52 Å². The Balaban J connectivity index is 0.00000176. The van der Waals surface area contributed by atoms with Gasteiger partial charge in [0.2, 0.25) is 0 Å². The minimum absolute atomic E-state index is 0. The Labute approximate surface area is 137 Å². The number of aryl methyl sites for hydroxylation is 2. The van der Waals surface area contributed by atoms with Gasteiger partial charge in [0, 0.05) is 17.5 Å². The molecule has 2 aromatic carbocycles. The topological polar surface area (TPSA) is 29.9 Å². The Morgan fingerprint density at radius 3 is 2.59 bits per heavy atom. The van der Waals surface area contributed by atoms with Gasteiger partial charge in [-0.15, -0.1) is 12.4 Å². The second-order valence-corrected chi connectivity index (χ2v) is 5.42. The molecule has 0 atom stereocenters. The average molecular weight is 316 g/mol. The molecule has 1 heterocycles. The summed E-state index contributed by atoms with van der Waals surface area (Å²) in [6.45, 7) is 4.08. The van der Waals surface area contributed by atoms with Crippen LogP contribution in [0.5, 0.6) is 0 Å². The summed E-state index contributed by atoms with van der Waals surface area (Å²) in [6.07, 6.45) is 1.08. The quantitative estimate of drug-likeness (QED) is 0.720. The van der Waals surface area contributed by atoms with Crippen LogP contribution >= 0.6 is 12.4 Å². The van der Waals surface area contributed by atoms with E-state index >= 15 is 0 Å². The number of hydrogen-bond acceptors (Lipinski definition) is 2. The summed E-state index contributed by atoms with van der Waals surface area (Å²) in [5.74, 6) is 0. The lowest BCUT2D eigenvalue weighted by atomic mass is 10.1. The van der Waals surface area contributed by atoms with Crippen LogP contribution in [0.25, 0.3) is 22.2 Å². The second-order valence-electron chi connectivity index (χ2n) is 5.42. The Kier molecular flexibility index (Phi) is 5.58. The minimum atomic E-state index is 0. The highest BCUT2D eigenvalue weighted by Crippen LogP contribution is 2.28. The smallest absolute Gasteiger partial charge is 0.100 e. The van der Waals surface area contributed by atoms with Crippen molar-refractivity contribution < 1.29 is 0 Å². The van der Waals surface area contributed by atoms with Crippen molar-refractivity contribution >= 4 is 23.3 Å². The summed E-state index contributed by atoms with van der Waals surface area (Å²) in [7, 11) is 1.99. The van der Waals surface area contributed by atoms with Crippen molar-refractivity contribution in [2.75, 3.05) is 13.6 Å². The number of aromatic nitrogens is 2. The van der Waals surface area contributed by atoms with E-state index in [0.717, 1.165) is 25.2 Å². The first-order valence-electron chi connectivity index (χ1n) is 7.47. The molecule has 0 fully saturated rings.